The van der Waals surface area contributed by atoms with E-state index in [1.54, 1.807) is 6.33 Å². The highest BCUT2D eigenvalue weighted by atomic mass is 15.2. The van der Waals surface area contributed by atoms with Gasteiger partial charge in [-0.15, -0.1) is 0 Å². The first-order valence-corrected chi connectivity index (χ1v) is 7.23. The fraction of sp³-hybridized carbons (Fsp3) is 0.333. The molecule has 0 bridgehead atoms. The number of likely N-dealkylation sites (N-methyl/N-ethyl adjacent to an activating group) is 1. The molecule has 3 aromatic rings. The quantitative estimate of drug-likeness (QED) is 0.773. The van der Waals surface area contributed by atoms with Gasteiger partial charge in [0.1, 0.15) is 29.7 Å². The van der Waals surface area contributed by atoms with Gasteiger partial charge in [-0.05, 0) is 12.5 Å². The Bertz CT molecular complexity index is 870. The van der Waals surface area contributed by atoms with Crippen LogP contribution in [-0.4, -0.2) is 37.6 Å². The van der Waals surface area contributed by atoms with Crippen molar-refractivity contribution in [3.8, 4) is 6.07 Å². The second-order valence-electron chi connectivity index (χ2n) is 5.54. The zero-order chi connectivity index (χ0) is 15.1. The lowest BCUT2D eigenvalue weighted by molar-refractivity contribution is 0.448. The Kier molecular flexibility index (Phi) is 2.82. The highest BCUT2D eigenvalue weighted by Crippen LogP contribution is 2.26. The van der Waals surface area contributed by atoms with Crippen molar-refractivity contribution in [3.63, 3.8) is 0 Å². The number of nitriles is 1. The molecule has 0 amide bonds. The summed E-state index contributed by atoms with van der Waals surface area (Å²) in [6.07, 6.45) is 7.11. The minimum absolute atomic E-state index is 0.314. The lowest BCUT2D eigenvalue weighted by atomic mass is 10.0. The fourth-order valence-electron chi connectivity index (χ4n) is 3.11. The Labute approximate surface area is 127 Å². The van der Waals surface area contributed by atoms with E-state index in [4.69, 9.17) is 5.26 Å². The summed E-state index contributed by atoms with van der Waals surface area (Å²) >= 11 is 0. The average molecular weight is 293 g/mol. The molecule has 0 saturated heterocycles. The molecule has 4 rings (SSSR count). The molecule has 0 radical (unpaired) electrons. The molecule has 7 nitrogen and oxygen atoms in total. The fourth-order valence-corrected chi connectivity index (χ4v) is 3.11. The van der Waals surface area contributed by atoms with Gasteiger partial charge in [-0.25, -0.2) is 15.0 Å². The van der Waals surface area contributed by atoms with E-state index in [1.807, 2.05) is 18.5 Å². The Morgan fingerprint density at radius 3 is 3.23 bits per heavy atom. The third-order valence-corrected chi connectivity index (χ3v) is 4.31. The number of nitrogens with zero attached hydrogens (tertiary/aromatic N) is 6. The summed E-state index contributed by atoms with van der Waals surface area (Å²) in [4.78, 5) is 18.4. The van der Waals surface area contributed by atoms with Crippen molar-refractivity contribution in [2.45, 2.75) is 25.4 Å². The highest BCUT2D eigenvalue weighted by Gasteiger charge is 2.25. The van der Waals surface area contributed by atoms with E-state index in [1.165, 1.54) is 0 Å². The number of H-pyrrole nitrogens is 1. The molecule has 1 aliphatic rings. The number of aromatic amines is 1. The number of hydrogen-bond donors (Lipinski definition) is 1. The number of fused-ring (bicyclic) bond motifs is 2. The Balaban J connectivity index is 1.65. The molecule has 110 valence electrons. The first-order valence-electron chi connectivity index (χ1n) is 7.23. The van der Waals surface area contributed by atoms with Gasteiger partial charge in [-0.2, -0.15) is 5.26 Å². The van der Waals surface area contributed by atoms with Gasteiger partial charge in [0.25, 0.3) is 0 Å². The zero-order valence-corrected chi connectivity index (χ0v) is 12.2. The molecule has 1 N–H and O–H groups in total. The second kappa shape index (κ2) is 4.84. The van der Waals surface area contributed by atoms with E-state index in [2.05, 4.69) is 42.5 Å². The molecular weight excluding hydrogens is 278 g/mol. The number of aromatic nitrogens is 5. The molecule has 1 unspecified atom stereocenters. The minimum atomic E-state index is 0.314. The summed E-state index contributed by atoms with van der Waals surface area (Å²) in [7, 11) is 2.06. The molecule has 0 aliphatic carbocycles. The first-order chi connectivity index (χ1) is 10.8. The van der Waals surface area contributed by atoms with Crippen LogP contribution in [0.25, 0.3) is 11.0 Å². The average Bonchev–Trinajstić information content (AvgIpc) is 3.18. The molecule has 0 fully saturated rings. The molecule has 4 heterocycles. The van der Waals surface area contributed by atoms with Gasteiger partial charge < -0.3 is 14.5 Å². The van der Waals surface area contributed by atoms with E-state index in [0.29, 0.717) is 11.7 Å². The van der Waals surface area contributed by atoms with Gasteiger partial charge >= 0.3 is 0 Å². The van der Waals surface area contributed by atoms with Crippen LogP contribution in [0.15, 0.2) is 24.8 Å². The molecule has 1 atom stereocenters. The van der Waals surface area contributed by atoms with Crippen LogP contribution < -0.4 is 4.90 Å². The predicted molar refractivity (Wildman–Crippen MR) is 81.3 cm³/mol. The van der Waals surface area contributed by atoms with E-state index in [9.17, 15) is 0 Å². The van der Waals surface area contributed by atoms with Crippen LogP contribution in [0.4, 0.5) is 5.82 Å². The third-order valence-electron chi connectivity index (χ3n) is 4.31. The van der Waals surface area contributed by atoms with Crippen molar-refractivity contribution >= 4 is 16.9 Å². The molecular formula is C15H15N7. The molecule has 3 aromatic heterocycles. The van der Waals surface area contributed by atoms with Gasteiger partial charge in [-0.1, -0.05) is 0 Å². The SMILES string of the molecule is CN(c1ncnc2[nH]ccc12)C1CCn2cc(C#N)nc2C1. The topological polar surface area (TPSA) is 86.4 Å². The van der Waals surface area contributed by atoms with E-state index in [0.717, 1.165) is 42.1 Å². The molecule has 1 aliphatic heterocycles. The van der Waals surface area contributed by atoms with Crippen molar-refractivity contribution < 1.29 is 0 Å². The standard InChI is InChI=1S/C15H15N7/c1-21(15-12-2-4-17-14(12)18-9-19-15)11-3-5-22-8-10(7-16)20-13(22)6-11/h2,4,8-9,11H,3,5-6H2,1H3,(H,17,18,19). The molecule has 7 heteroatoms. The number of aryl methyl sites for hydroxylation is 1. The zero-order valence-electron chi connectivity index (χ0n) is 12.2. The Hall–Kier alpha value is -2.88. The van der Waals surface area contributed by atoms with Crippen molar-refractivity contribution in [1.29, 1.82) is 5.26 Å². The summed E-state index contributed by atoms with van der Waals surface area (Å²) in [5, 5.41) is 10.0. The van der Waals surface area contributed by atoms with E-state index >= 15 is 0 Å². The highest BCUT2D eigenvalue weighted by molar-refractivity contribution is 5.87. The predicted octanol–water partition coefficient (Wildman–Crippen LogP) is 1.48. The van der Waals surface area contributed by atoms with Crippen LogP contribution in [0.2, 0.25) is 0 Å². The number of anilines is 1. The molecule has 0 aromatic carbocycles. The van der Waals surface area contributed by atoms with Crippen molar-refractivity contribution in [1.82, 2.24) is 24.5 Å². The van der Waals surface area contributed by atoms with E-state index in [-0.39, 0.29) is 0 Å². The number of nitrogens with one attached hydrogen (secondary N) is 1. The number of imidazole rings is 1. The maximum atomic E-state index is 8.98. The largest absolute Gasteiger partial charge is 0.356 e. The van der Waals surface area contributed by atoms with Crippen LogP contribution in [-0.2, 0) is 13.0 Å². The van der Waals surface area contributed by atoms with Crippen LogP contribution >= 0.6 is 0 Å². The maximum absolute atomic E-state index is 8.98. The maximum Gasteiger partial charge on any atom is 0.158 e. The summed E-state index contributed by atoms with van der Waals surface area (Å²) in [6, 6.07) is 4.42. The van der Waals surface area contributed by atoms with Crippen LogP contribution in [0.5, 0.6) is 0 Å². The first kappa shape index (κ1) is 12.8. The van der Waals surface area contributed by atoms with Crippen LogP contribution in [0.3, 0.4) is 0 Å². The van der Waals surface area contributed by atoms with Gasteiger partial charge in [0.2, 0.25) is 0 Å². The molecule has 22 heavy (non-hydrogen) atoms. The molecule has 0 saturated carbocycles. The van der Waals surface area contributed by atoms with Gasteiger partial charge in [0, 0.05) is 38.4 Å². The summed E-state index contributed by atoms with van der Waals surface area (Å²) in [6.45, 7) is 0.875. The van der Waals surface area contributed by atoms with Crippen molar-refractivity contribution in [2.24, 2.45) is 0 Å². The summed E-state index contributed by atoms with van der Waals surface area (Å²) in [5.41, 5.74) is 1.34. The van der Waals surface area contributed by atoms with E-state index < -0.39 is 0 Å². The van der Waals surface area contributed by atoms with Gasteiger partial charge in [-0.3, -0.25) is 0 Å². The lowest BCUT2D eigenvalue weighted by Gasteiger charge is -2.32. The van der Waals surface area contributed by atoms with Crippen LogP contribution in [0, 0.1) is 11.3 Å². The monoisotopic (exact) mass is 293 g/mol. The number of hydrogen-bond acceptors (Lipinski definition) is 5. The summed E-state index contributed by atoms with van der Waals surface area (Å²) < 4.78 is 2.08. The number of rotatable bonds is 2. The lowest BCUT2D eigenvalue weighted by Crippen LogP contribution is -2.38. The molecule has 0 spiro atoms. The summed E-state index contributed by atoms with van der Waals surface area (Å²) in [5.74, 6) is 1.90. The van der Waals surface area contributed by atoms with Gasteiger partial charge in [0.05, 0.1) is 5.39 Å². The normalized spacial score (nSPS) is 17.2. The van der Waals surface area contributed by atoms with Crippen molar-refractivity contribution in [3.05, 3.63) is 36.3 Å². The second-order valence-corrected chi connectivity index (χ2v) is 5.54. The Morgan fingerprint density at radius 2 is 2.36 bits per heavy atom. The van der Waals surface area contributed by atoms with Gasteiger partial charge in [0.15, 0.2) is 5.69 Å². The van der Waals surface area contributed by atoms with Crippen molar-refractivity contribution in [2.75, 3.05) is 11.9 Å². The minimum Gasteiger partial charge on any atom is -0.356 e. The third kappa shape index (κ3) is 1.92. The Morgan fingerprint density at radius 1 is 1.45 bits per heavy atom. The van der Waals surface area contributed by atoms with Crippen LogP contribution in [0.1, 0.15) is 17.9 Å². The smallest absolute Gasteiger partial charge is 0.158 e.